The summed E-state index contributed by atoms with van der Waals surface area (Å²) in [7, 11) is 0. The Morgan fingerprint density at radius 1 is 1.47 bits per heavy atom. The Morgan fingerprint density at radius 2 is 2.27 bits per heavy atom. The molecule has 0 aromatic carbocycles. The fourth-order valence-electron chi connectivity index (χ4n) is 1.62. The molecule has 0 fully saturated rings. The number of aromatic nitrogens is 1. The molecule has 0 atom stereocenters. The molecule has 0 aliphatic rings. The van der Waals surface area contributed by atoms with Crippen molar-refractivity contribution in [1.82, 2.24) is 4.98 Å². The molecule has 78 valence electrons. The summed E-state index contributed by atoms with van der Waals surface area (Å²) in [6, 6.07) is 5.62. The molecule has 2 aromatic heterocycles. The minimum absolute atomic E-state index is 0.00898. The lowest BCUT2D eigenvalue weighted by molar-refractivity contribution is 0.581. The predicted octanol–water partition coefficient (Wildman–Crippen LogP) is 2.51. The Labute approximate surface area is 87.8 Å². The average Bonchev–Trinajstić information content (AvgIpc) is 2.71. The Balaban J connectivity index is 2.62. The molecule has 2 heterocycles. The van der Waals surface area contributed by atoms with Crippen molar-refractivity contribution in [3.63, 3.8) is 0 Å². The highest BCUT2D eigenvalue weighted by Crippen LogP contribution is 2.22. The van der Waals surface area contributed by atoms with Crippen LogP contribution in [-0.4, -0.2) is 4.98 Å². The maximum atomic E-state index is 11.5. The molecule has 0 radical (unpaired) electrons. The monoisotopic (exact) mass is 203 g/mol. The van der Waals surface area contributed by atoms with Crippen LogP contribution in [0.25, 0.3) is 11.3 Å². The quantitative estimate of drug-likeness (QED) is 0.815. The summed E-state index contributed by atoms with van der Waals surface area (Å²) in [5, 5.41) is 0. The van der Waals surface area contributed by atoms with Crippen molar-refractivity contribution in [3.05, 3.63) is 46.1 Å². The molecule has 3 nitrogen and oxygen atoms in total. The average molecular weight is 203 g/mol. The van der Waals surface area contributed by atoms with Gasteiger partial charge in [-0.25, -0.2) is 0 Å². The van der Waals surface area contributed by atoms with Gasteiger partial charge >= 0.3 is 0 Å². The summed E-state index contributed by atoms with van der Waals surface area (Å²) in [4.78, 5) is 14.3. The molecule has 0 spiro atoms. The molecule has 15 heavy (non-hydrogen) atoms. The van der Waals surface area contributed by atoms with E-state index in [0.29, 0.717) is 0 Å². The molecule has 0 aliphatic carbocycles. The smallest absolute Gasteiger partial charge is 0.251 e. The van der Waals surface area contributed by atoms with Crippen LogP contribution in [0, 0.1) is 6.92 Å². The normalized spacial score (nSPS) is 10.5. The number of nitrogens with one attached hydrogen (secondary N) is 1. The first-order valence-electron chi connectivity index (χ1n) is 4.99. The first kappa shape index (κ1) is 9.77. The van der Waals surface area contributed by atoms with Crippen molar-refractivity contribution < 1.29 is 4.42 Å². The molecular weight excluding hydrogens is 190 g/mol. The van der Waals surface area contributed by atoms with Crippen LogP contribution in [0.1, 0.15) is 18.2 Å². The van der Waals surface area contributed by atoms with E-state index in [2.05, 4.69) is 4.98 Å². The highest BCUT2D eigenvalue weighted by atomic mass is 16.3. The Bertz CT molecular complexity index is 509. The third-order valence-corrected chi connectivity index (χ3v) is 2.48. The van der Waals surface area contributed by atoms with Crippen LogP contribution in [0.3, 0.4) is 0 Å². The standard InChI is InChI=1S/C12H13NO2/c1-3-9-7-10(8(2)13-12(9)14)11-5-4-6-15-11/h4-7H,3H2,1-2H3,(H,13,14). The minimum Gasteiger partial charge on any atom is -0.464 e. The molecule has 0 saturated heterocycles. The zero-order chi connectivity index (χ0) is 10.8. The van der Waals surface area contributed by atoms with Crippen LogP contribution in [0.4, 0.5) is 0 Å². The molecule has 2 rings (SSSR count). The van der Waals surface area contributed by atoms with E-state index in [4.69, 9.17) is 4.42 Å². The number of rotatable bonds is 2. The Hall–Kier alpha value is -1.77. The van der Waals surface area contributed by atoms with Crippen LogP contribution in [-0.2, 0) is 6.42 Å². The van der Waals surface area contributed by atoms with Gasteiger partial charge in [0.1, 0.15) is 5.76 Å². The fraction of sp³-hybridized carbons (Fsp3) is 0.250. The first-order chi connectivity index (χ1) is 7.22. The molecule has 0 bridgehead atoms. The SMILES string of the molecule is CCc1cc(-c2ccco2)c(C)[nH]c1=O. The number of aryl methyl sites for hydroxylation is 2. The zero-order valence-electron chi connectivity index (χ0n) is 8.83. The topological polar surface area (TPSA) is 46.0 Å². The summed E-state index contributed by atoms with van der Waals surface area (Å²) in [6.07, 6.45) is 2.36. The molecule has 0 unspecified atom stereocenters. The number of furan rings is 1. The highest BCUT2D eigenvalue weighted by molar-refractivity contribution is 5.60. The van der Waals surface area contributed by atoms with Crippen molar-refractivity contribution in [1.29, 1.82) is 0 Å². The summed E-state index contributed by atoms with van der Waals surface area (Å²) < 4.78 is 5.32. The van der Waals surface area contributed by atoms with Crippen LogP contribution < -0.4 is 5.56 Å². The first-order valence-corrected chi connectivity index (χ1v) is 4.99. The number of pyridine rings is 1. The molecule has 0 aliphatic heterocycles. The predicted molar refractivity (Wildman–Crippen MR) is 58.9 cm³/mol. The molecular formula is C12H13NO2. The molecule has 3 heteroatoms. The van der Waals surface area contributed by atoms with Gasteiger partial charge in [0.15, 0.2) is 0 Å². The fourth-order valence-corrected chi connectivity index (χ4v) is 1.62. The van der Waals surface area contributed by atoms with E-state index in [1.165, 1.54) is 0 Å². The van der Waals surface area contributed by atoms with Crippen molar-refractivity contribution in [2.75, 3.05) is 0 Å². The largest absolute Gasteiger partial charge is 0.464 e. The minimum atomic E-state index is -0.00898. The van der Waals surface area contributed by atoms with Gasteiger partial charge in [-0.2, -0.15) is 0 Å². The summed E-state index contributed by atoms with van der Waals surface area (Å²) in [6.45, 7) is 3.84. The Morgan fingerprint density at radius 3 is 2.87 bits per heavy atom. The van der Waals surface area contributed by atoms with Gasteiger partial charge < -0.3 is 9.40 Å². The van der Waals surface area contributed by atoms with E-state index in [1.54, 1.807) is 6.26 Å². The third kappa shape index (κ3) is 1.73. The summed E-state index contributed by atoms with van der Waals surface area (Å²) >= 11 is 0. The van der Waals surface area contributed by atoms with Crippen molar-refractivity contribution in [2.45, 2.75) is 20.3 Å². The van der Waals surface area contributed by atoms with Crippen LogP contribution >= 0.6 is 0 Å². The summed E-state index contributed by atoms with van der Waals surface area (Å²) in [5.74, 6) is 0.790. The number of H-pyrrole nitrogens is 1. The molecule has 0 saturated carbocycles. The van der Waals surface area contributed by atoms with Gasteiger partial charge in [0.25, 0.3) is 5.56 Å². The maximum Gasteiger partial charge on any atom is 0.251 e. The van der Waals surface area contributed by atoms with Crippen LogP contribution in [0.5, 0.6) is 0 Å². The van der Waals surface area contributed by atoms with Crippen molar-refractivity contribution in [2.24, 2.45) is 0 Å². The second-order valence-corrected chi connectivity index (χ2v) is 3.49. The van der Waals surface area contributed by atoms with Crippen LogP contribution in [0.2, 0.25) is 0 Å². The molecule has 2 aromatic rings. The highest BCUT2D eigenvalue weighted by Gasteiger charge is 2.08. The van der Waals surface area contributed by atoms with Gasteiger partial charge in [-0.1, -0.05) is 6.92 Å². The van der Waals surface area contributed by atoms with Gasteiger partial charge in [-0.15, -0.1) is 0 Å². The van der Waals surface area contributed by atoms with Crippen molar-refractivity contribution in [3.8, 4) is 11.3 Å². The van der Waals surface area contributed by atoms with E-state index in [1.807, 2.05) is 32.0 Å². The third-order valence-electron chi connectivity index (χ3n) is 2.48. The lowest BCUT2D eigenvalue weighted by atomic mass is 10.1. The van der Waals surface area contributed by atoms with Crippen LogP contribution in [0.15, 0.2) is 33.7 Å². The van der Waals surface area contributed by atoms with Gasteiger partial charge in [0.2, 0.25) is 0 Å². The van der Waals surface area contributed by atoms with Gasteiger partial charge in [-0.05, 0) is 31.5 Å². The van der Waals surface area contributed by atoms with Gasteiger partial charge in [-0.3, -0.25) is 4.79 Å². The lowest BCUT2D eigenvalue weighted by Gasteiger charge is -2.04. The Kier molecular flexibility index (Phi) is 2.46. The van der Waals surface area contributed by atoms with E-state index in [0.717, 1.165) is 29.0 Å². The van der Waals surface area contributed by atoms with E-state index < -0.39 is 0 Å². The number of hydrogen-bond donors (Lipinski definition) is 1. The molecule has 0 amide bonds. The molecule has 1 N–H and O–H groups in total. The van der Waals surface area contributed by atoms with Crippen molar-refractivity contribution >= 4 is 0 Å². The second-order valence-electron chi connectivity index (χ2n) is 3.49. The zero-order valence-corrected chi connectivity index (χ0v) is 8.83. The van der Waals surface area contributed by atoms with E-state index in [-0.39, 0.29) is 5.56 Å². The second kappa shape index (κ2) is 3.77. The van der Waals surface area contributed by atoms with Gasteiger partial charge in [0.05, 0.1) is 6.26 Å². The van der Waals surface area contributed by atoms with E-state index >= 15 is 0 Å². The number of hydrogen-bond acceptors (Lipinski definition) is 2. The maximum absolute atomic E-state index is 11.5. The van der Waals surface area contributed by atoms with E-state index in [9.17, 15) is 4.79 Å². The summed E-state index contributed by atoms with van der Waals surface area (Å²) in [5.41, 5.74) is 2.57. The lowest BCUT2D eigenvalue weighted by Crippen LogP contribution is -2.13. The van der Waals surface area contributed by atoms with Gasteiger partial charge in [0, 0.05) is 16.8 Å². The number of aromatic amines is 1.